The molecule has 2 saturated carbocycles. The summed E-state index contributed by atoms with van der Waals surface area (Å²) in [6.45, 7) is 3.71. The average molecular weight is 413 g/mol. The Labute approximate surface area is 172 Å². The van der Waals surface area contributed by atoms with Crippen LogP contribution in [0, 0.1) is 35.5 Å². The van der Waals surface area contributed by atoms with E-state index in [1.807, 2.05) is 6.08 Å². The summed E-state index contributed by atoms with van der Waals surface area (Å²) in [5.41, 5.74) is 0.792. The van der Waals surface area contributed by atoms with Crippen LogP contribution in [-0.2, 0) is 9.47 Å². The van der Waals surface area contributed by atoms with Gasteiger partial charge in [0.15, 0.2) is 6.29 Å². The molecule has 164 valence electrons. The molecular weight excluding hydrogens is 377 g/mol. The fraction of sp³-hybridized carbons (Fsp3) is 0.833. The van der Waals surface area contributed by atoms with Crippen LogP contribution in [0.1, 0.15) is 64.7 Å². The summed E-state index contributed by atoms with van der Waals surface area (Å²) in [5.74, 6) is 1.28. The van der Waals surface area contributed by atoms with E-state index in [1.54, 1.807) is 0 Å². The monoisotopic (exact) mass is 412 g/mol. The molecule has 1 saturated heterocycles. The second-order valence-electron chi connectivity index (χ2n) is 9.83. The van der Waals surface area contributed by atoms with Crippen LogP contribution < -0.4 is 0 Å². The smallest absolute Gasteiger partial charge is 0.241 e. The Hall–Kier alpha value is -0.810. The normalized spacial score (nSPS) is 41.8. The number of hydrogen-bond acceptors (Lipinski definition) is 2. The Morgan fingerprint density at radius 1 is 0.897 bits per heavy atom. The number of rotatable bonds is 4. The lowest BCUT2D eigenvalue weighted by Crippen LogP contribution is -2.38. The van der Waals surface area contributed by atoms with Crippen LogP contribution >= 0.6 is 0 Å². The maximum absolute atomic E-state index is 14.9. The van der Waals surface area contributed by atoms with Gasteiger partial charge in [0, 0.05) is 17.8 Å². The molecule has 0 aromatic rings. The zero-order chi connectivity index (χ0) is 20.4. The first-order valence-electron chi connectivity index (χ1n) is 11.6. The van der Waals surface area contributed by atoms with Crippen molar-refractivity contribution < 1.29 is 22.6 Å². The fourth-order valence-electron chi connectivity index (χ4n) is 5.82. The molecule has 29 heavy (non-hydrogen) atoms. The van der Waals surface area contributed by atoms with E-state index >= 15 is 0 Å². The molecule has 0 aromatic carbocycles. The molecule has 1 aliphatic heterocycles. The van der Waals surface area contributed by atoms with Crippen molar-refractivity contribution in [3.05, 3.63) is 23.6 Å². The van der Waals surface area contributed by atoms with Crippen LogP contribution in [0.15, 0.2) is 23.6 Å². The number of ether oxygens (including phenoxy) is 2. The molecule has 0 bridgehead atoms. The predicted octanol–water partition coefficient (Wildman–Crippen LogP) is 6.67. The minimum atomic E-state index is -2.23. The van der Waals surface area contributed by atoms with Crippen molar-refractivity contribution in [1.29, 1.82) is 0 Å². The van der Waals surface area contributed by atoms with E-state index < -0.39 is 12.3 Å². The number of alkyl halides is 2. The molecule has 4 rings (SSSR count). The third kappa shape index (κ3) is 5.10. The summed E-state index contributed by atoms with van der Waals surface area (Å²) in [7, 11) is 0. The van der Waals surface area contributed by atoms with Crippen molar-refractivity contribution in [2.45, 2.75) is 77.4 Å². The van der Waals surface area contributed by atoms with Gasteiger partial charge in [0.1, 0.15) is 5.83 Å². The zero-order valence-electron chi connectivity index (χ0n) is 17.5. The van der Waals surface area contributed by atoms with Crippen LogP contribution in [0.3, 0.4) is 0 Å². The quantitative estimate of drug-likeness (QED) is 0.513. The van der Waals surface area contributed by atoms with Gasteiger partial charge >= 0.3 is 0 Å². The first-order valence-corrected chi connectivity index (χ1v) is 11.6. The third-order valence-electron chi connectivity index (χ3n) is 7.71. The highest BCUT2D eigenvalue weighted by molar-refractivity contribution is 5.32. The minimum absolute atomic E-state index is 0.0550. The molecule has 0 aromatic heterocycles. The van der Waals surface area contributed by atoms with E-state index in [2.05, 4.69) is 13.0 Å². The van der Waals surface area contributed by atoms with E-state index in [1.165, 1.54) is 0 Å². The van der Waals surface area contributed by atoms with Crippen molar-refractivity contribution >= 4 is 0 Å². The molecule has 5 heteroatoms. The van der Waals surface area contributed by atoms with Gasteiger partial charge in [-0.15, -0.1) is 0 Å². The summed E-state index contributed by atoms with van der Waals surface area (Å²) in [6.07, 6.45) is 9.31. The van der Waals surface area contributed by atoms with Gasteiger partial charge in [0.25, 0.3) is 0 Å². The first-order chi connectivity index (χ1) is 14.0. The summed E-state index contributed by atoms with van der Waals surface area (Å²) >= 11 is 0. The van der Waals surface area contributed by atoms with E-state index in [4.69, 9.17) is 9.47 Å². The summed E-state index contributed by atoms with van der Waals surface area (Å²) in [5, 5.41) is 0. The summed E-state index contributed by atoms with van der Waals surface area (Å²) in [4.78, 5) is 0. The molecular formula is C24H35F3O2. The molecule has 0 spiro atoms. The van der Waals surface area contributed by atoms with Crippen LogP contribution in [0.2, 0.25) is 0 Å². The van der Waals surface area contributed by atoms with E-state index in [9.17, 15) is 13.2 Å². The maximum atomic E-state index is 14.9. The van der Waals surface area contributed by atoms with Gasteiger partial charge in [-0.3, -0.25) is 0 Å². The Balaban J connectivity index is 1.26. The van der Waals surface area contributed by atoms with Gasteiger partial charge in [-0.1, -0.05) is 13.0 Å². The lowest BCUT2D eigenvalue weighted by molar-refractivity contribution is -0.227. The minimum Gasteiger partial charge on any atom is -0.352 e. The molecule has 1 unspecified atom stereocenters. The Kier molecular flexibility index (Phi) is 7.06. The van der Waals surface area contributed by atoms with Gasteiger partial charge < -0.3 is 9.47 Å². The van der Waals surface area contributed by atoms with Crippen molar-refractivity contribution in [2.24, 2.45) is 35.5 Å². The Morgan fingerprint density at radius 3 is 2.10 bits per heavy atom. The topological polar surface area (TPSA) is 18.5 Å². The lowest BCUT2D eigenvalue weighted by Gasteiger charge is -2.39. The van der Waals surface area contributed by atoms with Gasteiger partial charge in [-0.25, -0.2) is 13.2 Å². The lowest BCUT2D eigenvalue weighted by atomic mass is 9.71. The molecule has 0 radical (unpaired) electrons. The zero-order valence-corrected chi connectivity index (χ0v) is 17.5. The summed E-state index contributed by atoms with van der Waals surface area (Å²) in [6, 6.07) is 0. The highest BCUT2D eigenvalue weighted by Crippen LogP contribution is 2.44. The van der Waals surface area contributed by atoms with E-state index in [-0.39, 0.29) is 24.0 Å². The Bertz CT molecular complexity index is 593. The van der Waals surface area contributed by atoms with Crippen LogP contribution in [0.25, 0.3) is 0 Å². The third-order valence-corrected chi connectivity index (χ3v) is 7.71. The van der Waals surface area contributed by atoms with Crippen molar-refractivity contribution in [1.82, 2.24) is 0 Å². The van der Waals surface area contributed by atoms with Gasteiger partial charge in [0.05, 0.1) is 13.2 Å². The van der Waals surface area contributed by atoms with Crippen molar-refractivity contribution in [3.63, 3.8) is 0 Å². The predicted molar refractivity (Wildman–Crippen MR) is 107 cm³/mol. The number of halogens is 3. The molecule has 1 atom stereocenters. The van der Waals surface area contributed by atoms with Crippen LogP contribution in [0.5, 0.6) is 0 Å². The standard InChI is InChI=1S/C24H35F3O2/c1-15-13-28-24(29-14-15)19-8-2-16(3-9-19)20-10-11-21(22(25)12-20)17-4-6-18(7-5-17)23(26)27/h11-12,15-20,23-24H,2-10,13-14H2,1H3. The largest absolute Gasteiger partial charge is 0.352 e. The van der Waals surface area contributed by atoms with E-state index in [0.717, 1.165) is 50.9 Å². The second-order valence-corrected chi connectivity index (χ2v) is 9.83. The van der Waals surface area contributed by atoms with Gasteiger partial charge in [-0.2, -0.15) is 0 Å². The average Bonchev–Trinajstić information content (AvgIpc) is 2.74. The van der Waals surface area contributed by atoms with Gasteiger partial charge in [-0.05, 0) is 87.2 Å². The number of hydrogen-bond donors (Lipinski definition) is 0. The van der Waals surface area contributed by atoms with E-state index in [0.29, 0.717) is 43.4 Å². The molecule has 0 N–H and O–H groups in total. The Morgan fingerprint density at radius 2 is 1.52 bits per heavy atom. The highest BCUT2D eigenvalue weighted by atomic mass is 19.3. The second kappa shape index (κ2) is 9.55. The molecule has 1 heterocycles. The highest BCUT2D eigenvalue weighted by Gasteiger charge is 2.36. The number of allylic oxidation sites excluding steroid dienone is 4. The first kappa shape index (κ1) is 21.4. The molecule has 3 aliphatic carbocycles. The molecule has 4 aliphatic rings. The van der Waals surface area contributed by atoms with Crippen molar-refractivity contribution in [2.75, 3.05) is 13.2 Å². The van der Waals surface area contributed by atoms with Gasteiger partial charge in [0.2, 0.25) is 6.43 Å². The van der Waals surface area contributed by atoms with Crippen LogP contribution in [0.4, 0.5) is 13.2 Å². The van der Waals surface area contributed by atoms with Crippen LogP contribution in [-0.4, -0.2) is 25.9 Å². The van der Waals surface area contributed by atoms with Crippen molar-refractivity contribution in [3.8, 4) is 0 Å². The fourth-order valence-corrected chi connectivity index (χ4v) is 5.82. The SMILES string of the molecule is CC1COC(C2CCC(C3C=C(F)C(C4CCC(C(F)F)CC4)=CC3)CC2)OC1. The molecule has 0 amide bonds. The maximum Gasteiger partial charge on any atom is 0.241 e. The summed E-state index contributed by atoms with van der Waals surface area (Å²) < 4.78 is 52.4. The molecule has 3 fully saturated rings. The molecule has 2 nitrogen and oxygen atoms in total.